The first-order valence-corrected chi connectivity index (χ1v) is 11.0. The van der Waals surface area contributed by atoms with Crippen molar-refractivity contribution in [1.29, 1.82) is 0 Å². The lowest BCUT2D eigenvalue weighted by molar-refractivity contribution is -0.386. The van der Waals surface area contributed by atoms with E-state index >= 15 is 0 Å². The van der Waals surface area contributed by atoms with Gasteiger partial charge < -0.3 is 14.6 Å². The van der Waals surface area contributed by atoms with E-state index < -0.39 is 22.7 Å². The monoisotopic (exact) mass is 532 g/mol. The lowest BCUT2D eigenvalue weighted by Gasteiger charge is -2.14. The van der Waals surface area contributed by atoms with E-state index in [1.807, 2.05) is 6.92 Å². The van der Waals surface area contributed by atoms with Crippen LogP contribution in [-0.2, 0) is 11.2 Å². The molecule has 3 aromatic rings. The van der Waals surface area contributed by atoms with E-state index in [1.54, 1.807) is 18.2 Å². The molecule has 0 spiro atoms. The van der Waals surface area contributed by atoms with Crippen LogP contribution < -0.4 is 15.0 Å². The van der Waals surface area contributed by atoms with Crippen molar-refractivity contribution in [3.8, 4) is 11.5 Å². The van der Waals surface area contributed by atoms with Gasteiger partial charge >= 0.3 is 11.7 Å². The largest absolute Gasteiger partial charge is 0.493 e. The standard InChI is InChI=1S/C22H21BrN4O7/c1-4-5-19-25-16-7-6-14(23)10-15(16)21(28)26(19)24-11-13-8-17(27(31)32)20(18(9-13)33-3)34-12(2)22(29)30/h6-12H,4-5H2,1-3H3,(H,29,30)/t12-/m1/s1. The summed E-state index contributed by atoms with van der Waals surface area (Å²) in [5, 5.41) is 25.4. The Morgan fingerprint density at radius 2 is 2.12 bits per heavy atom. The molecule has 3 rings (SSSR count). The fourth-order valence-corrected chi connectivity index (χ4v) is 3.50. The Morgan fingerprint density at radius 1 is 1.38 bits per heavy atom. The SMILES string of the molecule is CCCc1nc2ccc(Br)cc2c(=O)n1N=Cc1cc(OC)c(O[C@H](C)C(=O)O)c([N+](=O)[O-])c1. The van der Waals surface area contributed by atoms with Crippen LogP contribution in [0.1, 0.15) is 31.7 Å². The summed E-state index contributed by atoms with van der Waals surface area (Å²) in [6.45, 7) is 3.19. The van der Waals surface area contributed by atoms with Gasteiger partial charge in [-0.25, -0.2) is 9.78 Å². The topological polar surface area (TPSA) is 146 Å². The average Bonchev–Trinajstić information content (AvgIpc) is 2.79. The Bertz CT molecular complexity index is 1350. The molecule has 0 bridgehead atoms. The zero-order valence-corrected chi connectivity index (χ0v) is 20.1. The van der Waals surface area contributed by atoms with Crippen molar-refractivity contribution in [1.82, 2.24) is 9.66 Å². The molecule has 1 N–H and O–H groups in total. The molecule has 0 amide bonds. The van der Waals surface area contributed by atoms with Crippen molar-refractivity contribution in [2.24, 2.45) is 5.10 Å². The molecule has 1 aromatic heterocycles. The van der Waals surface area contributed by atoms with Gasteiger partial charge in [0, 0.05) is 22.5 Å². The maximum atomic E-state index is 13.1. The van der Waals surface area contributed by atoms with E-state index in [2.05, 4.69) is 26.0 Å². The molecule has 0 radical (unpaired) electrons. The lowest BCUT2D eigenvalue weighted by Crippen LogP contribution is -2.23. The Morgan fingerprint density at radius 3 is 2.74 bits per heavy atom. The predicted molar refractivity (Wildman–Crippen MR) is 128 cm³/mol. The van der Waals surface area contributed by atoms with Gasteiger partial charge in [0.1, 0.15) is 5.82 Å². The number of halogens is 1. The molecule has 178 valence electrons. The maximum Gasteiger partial charge on any atom is 0.344 e. The molecule has 0 saturated heterocycles. The first kappa shape index (κ1) is 24.8. The van der Waals surface area contributed by atoms with Crippen molar-refractivity contribution in [2.75, 3.05) is 7.11 Å². The highest BCUT2D eigenvalue weighted by molar-refractivity contribution is 9.10. The molecule has 1 heterocycles. The summed E-state index contributed by atoms with van der Waals surface area (Å²) < 4.78 is 12.3. The van der Waals surface area contributed by atoms with Crippen LogP contribution in [0.25, 0.3) is 10.9 Å². The number of carboxylic acid groups (broad SMARTS) is 1. The van der Waals surface area contributed by atoms with Gasteiger partial charge in [-0.05, 0) is 37.6 Å². The summed E-state index contributed by atoms with van der Waals surface area (Å²) in [5.41, 5.74) is -0.115. The van der Waals surface area contributed by atoms with Gasteiger partial charge in [-0.2, -0.15) is 9.78 Å². The van der Waals surface area contributed by atoms with Crippen molar-refractivity contribution >= 4 is 44.7 Å². The van der Waals surface area contributed by atoms with Gasteiger partial charge in [-0.1, -0.05) is 22.9 Å². The van der Waals surface area contributed by atoms with Crippen LogP contribution in [0.2, 0.25) is 0 Å². The highest BCUT2D eigenvalue weighted by Gasteiger charge is 2.26. The number of nitrogens with zero attached hydrogens (tertiary/aromatic N) is 4. The molecule has 0 unspecified atom stereocenters. The Kier molecular flexibility index (Phi) is 7.61. The van der Waals surface area contributed by atoms with Gasteiger partial charge in [-0.3, -0.25) is 14.9 Å². The number of aliphatic carboxylic acids is 1. The number of fused-ring (bicyclic) bond motifs is 1. The smallest absolute Gasteiger partial charge is 0.344 e. The summed E-state index contributed by atoms with van der Waals surface area (Å²) >= 11 is 3.35. The van der Waals surface area contributed by atoms with Crippen LogP contribution in [0.5, 0.6) is 11.5 Å². The molecule has 1 atom stereocenters. The molecule has 2 aromatic carbocycles. The van der Waals surface area contributed by atoms with Crippen LogP contribution in [0, 0.1) is 10.1 Å². The molecule has 0 saturated carbocycles. The number of benzene rings is 2. The van der Waals surface area contributed by atoms with Gasteiger partial charge in [0.15, 0.2) is 11.9 Å². The van der Waals surface area contributed by atoms with Gasteiger partial charge in [0.05, 0.1) is 29.2 Å². The molecule has 0 aliphatic rings. The molecule has 12 heteroatoms. The minimum atomic E-state index is -1.34. The van der Waals surface area contributed by atoms with Crippen molar-refractivity contribution < 1.29 is 24.3 Å². The molecule has 0 fully saturated rings. The number of nitro groups is 1. The van der Waals surface area contributed by atoms with Crippen molar-refractivity contribution in [3.05, 3.63) is 66.7 Å². The number of carbonyl (C=O) groups is 1. The molecule has 11 nitrogen and oxygen atoms in total. The van der Waals surface area contributed by atoms with E-state index in [0.717, 1.165) is 17.2 Å². The van der Waals surface area contributed by atoms with Gasteiger partial charge in [0.2, 0.25) is 5.75 Å². The third-order valence-electron chi connectivity index (χ3n) is 4.79. The van der Waals surface area contributed by atoms with Crippen LogP contribution in [0.3, 0.4) is 0 Å². The number of rotatable bonds is 9. The molecule has 0 aliphatic carbocycles. The molecular formula is C22H21BrN4O7. The number of aromatic nitrogens is 2. The van der Waals surface area contributed by atoms with Crippen LogP contribution in [0.4, 0.5) is 5.69 Å². The predicted octanol–water partition coefficient (Wildman–Crippen LogP) is 3.76. The minimum absolute atomic E-state index is 0.0505. The zero-order chi connectivity index (χ0) is 25.0. The van der Waals surface area contributed by atoms with Crippen LogP contribution in [-0.4, -0.2) is 45.1 Å². The number of nitro benzene ring substituents is 1. The van der Waals surface area contributed by atoms with E-state index in [4.69, 9.17) is 14.6 Å². The lowest BCUT2D eigenvalue weighted by atomic mass is 10.1. The third-order valence-corrected chi connectivity index (χ3v) is 5.28. The number of hydrogen-bond donors (Lipinski definition) is 1. The second kappa shape index (κ2) is 10.4. The van der Waals surface area contributed by atoms with Gasteiger partial charge in [0.25, 0.3) is 5.56 Å². The summed E-state index contributed by atoms with van der Waals surface area (Å²) in [4.78, 5) is 39.7. The Labute approximate surface area is 201 Å². The van der Waals surface area contributed by atoms with Gasteiger partial charge in [-0.15, -0.1) is 0 Å². The fraction of sp³-hybridized carbons (Fsp3) is 0.273. The Hall–Kier alpha value is -3.80. The van der Waals surface area contributed by atoms with Crippen molar-refractivity contribution in [3.63, 3.8) is 0 Å². The van der Waals surface area contributed by atoms with E-state index in [9.17, 15) is 19.7 Å². The average molecular weight is 533 g/mol. The maximum absolute atomic E-state index is 13.1. The summed E-state index contributed by atoms with van der Waals surface area (Å²) in [6, 6.07) is 7.73. The quantitative estimate of drug-likeness (QED) is 0.249. The van der Waals surface area contributed by atoms with Crippen molar-refractivity contribution in [2.45, 2.75) is 32.8 Å². The highest BCUT2D eigenvalue weighted by atomic mass is 79.9. The number of aryl methyl sites for hydroxylation is 1. The summed E-state index contributed by atoms with van der Waals surface area (Å²) in [6.07, 6.45) is 1.13. The molecular weight excluding hydrogens is 512 g/mol. The van der Waals surface area contributed by atoms with Crippen LogP contribution in [0.15, 0.2) is 44.7 Å². The van der Waals surface area contributed by atoms with E-state index in [0.29, 0.717) is 27.6 Å². The Balaban J connectivity index is 2.13. The third kappa shape index (κ3) is 5.22. The van der Waals surface area contributed by atoms with E-state index in [-0.39, 0.29) is 22.6 Å². The summed E-state index contributed by atoms with van der Waals surface area (Å²) in [7, 11) is 1.27. The number of carboxylic acids is 1. The molecule has 0 aliphatic heterocycles. The van der Waals surface area contributed by atoms with E-state index in [1.165, 1.54) is 26.3 Å². The number of ether oxygens (including phenoxy) is 2. The highest BCUT2D eigenvalue weighted by Crippen LogP contribution is 2.38. The van der Waals surface area contributed by atoms with Crippen LogP contribution >= 0.6 is 15.9 Å². The second-order valence-electron chi connectivity index (χ2n) is 7.23. The number of hydrogen-bond acceptors (Lipinski definition) is 8. The zero-order valence-electron chi connectivity index (χ0n) is 18.5. The summed E-state index contributed by atoms with van der Waals surface area (Å²) in [5.74, 6) is -1.22. The minimum Gasteiger partial charge on any atom is -0.493 e. The second-order valence-corrected chi connectivity index (χ2v) is 8.14. The molecule has 34 heavy (non-hydrogen) atoms. The number of methoxy groups -OCH3 is 1. The first-order chi connectivity index (χ1) is 16.2. The fourth-order valence-electron chi connectivity index (χ4n) is 3.14. The first-order valence-electron chi connectivity index (χ1n) is 10.2. The normalized spacial score (nSPS) is 12.1.